The summed E-state index contributed by atoms with van der Waals surface area (Å²) in [4.78, 5) is 178. The van der Waals surface area contributed by atoms with Crippen LogP contribution in [0.3, 0.4) is 0 Å². The van der Waals surface area contributed by atoms with Crippen LogP contribution in [-0.4, -0.2) is 155 Å². The van der Waals surface area contributed by atoms with E-state index in [1.807, 2.05) is 5.32 Å². The van der Waals surface area contributed by atoms with Gasteiger partial charge >= 0.3 is 18.0 Å². The van der Waals surface area contributed by atoms with E-state index in [9.17, 15) is 77.3 Å². The van der Waals surface area contributed by atoms with Crippen LogP contribution < -0.4 is 76.5 Å². The zero-order valence-electron chi connectivity index (χ0n) is 41.0. The van der Waals surface area contributed by atoms with Crippen LogP contribution in [0, 0.1) is 11.8 Å². The van der Waals surface area contributed by atoms with Gasteiger partial charge < -0.3 is 86.7 Å². The topological polar surface area (TPSA) is 518 Å². The number of hydrogen-bond acceptors (Lipinski definition) is 15. The van der Waals surface area contributed by atoms with Crippen molar-refractivity contribution in [1.82, 2.24) is 47.9 Å². The number of carbonyl (C=O) groups excluding carboxylic acids is 12. The van der Waals surface area contributed by atoms with E-state index in [0.717, 1.165) is 6.92 Å². The van der Waals surface area contributed by atoms with Gasteiger partial charge in [-0.2, -0.15) is 0 Å². The first kappa shape index (κ1) is 64.3. The van der Waals surface area contributed by atoms with E-state index >= 15 is 0 Å². The summed E-state index contributed by atoms with van der Waals surface area (Å²) in [6.45, 7) is 7.82. The number of carbonyl (C=O) groups is 14. The molecule has 21 N–H and O–H groups in total. The molecule has 0 spiro atoms. The Labute approximate surface area is 414 Å². The van der Waals surface area contributed by atoms with Gasteiger partial charge in [0.1, 0.15) is 48.3 Å². The second-order valence-corrected chi connectivity index (χ2v) is 17.3. The van der Waals surface area contributed by atoms with Crippen LogP contribution >= 0.6 is 0 Å². The van der Waals surface area contributed by atoms with Gasteiger partial charge in [0, 0.05) is 13.5 Å². The average Bonchev–Trinajstić information content (AvgIpc) is 3.26. The summed E-state index contributed by atoms with van der Waals surface area (Å²) in [5.74, 6) is -16.1. The molecule has 13 amide bonds. The monoisotopic (exact) mass is 1030 g/mol. The summed E-state index contributed by atoms with van der Waals surface area (Å²) >= 11 is 0. The van der Waals surface area contributed by atoms with E-state index < -0.39 is 163 Å². The van der Waals surface area contributed by atoms with Crippen LogP contribution in [0.4, 0.5) is 4.79 Å². The van der Waals surface area contributed by atoms with E-state index in [1.54, 1.807) is 27.7 Å². The zero-order valence-corrected chi connectivity index (χ0v) is 41.0. The third-order valence-corrected chi connectivity index (χ3v) is 10.5. The van der Waals surface area contributed by atoms with Crippen molar-refractivity contribution in [1.29, 1.82) is 0 Å². The van der Waals surface area contributed by atoms with Crippen LogP contribution in [0.2, 0.25) is 0 Å². The molecular formula is C42H72N14O16. The van der Waals surface area contributed by atoms with Crippen molar-refractivity contribution in [2.75, 3.05) is 13.1 Å². The Morgan fingerprint density at radius 3 is 1.28 bits per heavy atom. The lowest BCUT2D eigenvalue weighted by Crippen LogP contribution is -2.61. The number of urea groups is 1. The number of primary amides is 4. The van der Waals surface area contributed by atoms with Gasteiger partial charge in [0.05, 0.1) is 25.7 Å². The Balaban J connectivity index is 6.85. The summed E-state index contributed by atoms with van der Waals surface area (Å²) in [6.07, 6.45) is -2.93. The van der Waals surface area contributed by atoms with Gasteiger partial charge in [-0.05, 0) is 56.9 Å². The Kier molecular flexibility index (Phi) is 29.5. The van der Waals surface area contributed by atoms with Crippen LogP contribution in [0.1, 0.15) is 105 Å². The van der Waals surface area contributed by atoms with Gasteiger partial charge in [0.2, 0.25) is 65.0 Å². The molecule has 0 fully saturated rings. The number of aliphatic carboxylic acids is 2. The third kappa shape index (κ3) is 26.4. The highest BCUT2D eigenvalue weighted by atomic mass is 16.4. The molecule has 406 valence electrons. The first-order chi connectivity index (χ1) is 33.5. The van der Waals surface area contributed by atoms with Crippen LogP contribution in [-0.2, 0) is 62.3 Å². The molecule has 0 aliphatic heterocycles. The SMILES string of the molecule is CC[C@H](C)[C@H](NC(=O)[C@H](CC(=O)O)NC(=O)[C@H](CCCCN)NC(C)=O)C(=O)N[C@@H](CCCNC(N)=O)C(=O)N[C@@H](CC(C)C)C(=O)N[C@@H](CC(N)=O)C(=O)N[C@@H](CC(N)=O)C(=O)N[C@@H](CC(N)=O)C(=O)O. The predicted octanol–water partition coefficient (Wildman–Crippen LogP) is -6.26. The molecule has 0 heterocycles. The standard InChI is InChI=1S/C42H72N14O16/c1-6-20(4)33(56-39(68)27(18-32(61)62)54-34(63)22(49-21(5)57)10-7-8-12-43)40(69)50-23(11-9-13-48-42(47)72)35(64)51-24(14-19(2)3)36(65)52-25(15-29(44)58)37(66)53-26(16-30(45)59)38(67)55-28(41(70)71)17-31(46)60/h19-20,22-28,33H,6-18,43H2,1-5H3,(H2,44,58)(H2,45,59)(H2,46,60)(H,49,57)(H,50,69)(H,51,64)(H,52,65)(H,53,66)(H,54,63)(H,55,67)(H,56,68)(H,61,62)(H,70,71)(H3,47,48,72)/t20-,22-,23-,24-,25-,26-,27-,28-,33-/m0/s1. The van der Waals surface area contributed by atoms with Crippen LogP contribution in [0.25, 0.3) is 0 Å². The summed E-state index contributed by atoms with van der Waals surface area (Å²) in [5.41, 5.74) is 26.3. The second-order valence-electron chi connectivity index (χ2n) is 17.3. The maximum absolute atomic E-state index is 14.1. The maximum atomic E-state index is 14.1. The molecule has 0 aliphatic rings. The molecule has 0 saturated heterocycles. The fourth-order valence-electron chi connectivity index (χ4n) is 6.68. The van der Waals surface area contributed by atoms with E-state index in [2.05, 4.69) is 42.5 Å². The van der Waals surface area contributed by atoms with Crippen molar-refractivity contribution in [2.45, 2.75) is 154 Å². The molecule has 0 aromatic carbocycles. The summed E-state index contributed by atoms with van der Waals surface area (Å²) < 4.78 is 0. The molecule has 0 unspecified atom stereocenters. The van der Waals surface area contributed by atoms with Crippen molar-refractivity contribution >= 4 is 82.9 Å². The van der Waals surface area contributed by atoms with E-state index in [1.165, 1.54) is 0 Å². The van der Waals surface area contributed by atoms with Gasteiger partial charge in [-0.3, -0.25) is 57.5 Å². The number of rotatable bonds is 36. The number of unbranched alkanes of at least 4 members (excludes halogenated alkanes) is 1. The largest absolute Gasteiger partial charge is 0.481 e. The highest BCUT2D eigenvalue weighted by Gasteiger charge is 2.37. The molecule has 0 radical (unpaired) electrons. The molecular weight excluding hydrogens is 957 g/mol. The van der Waals surface area contributed by atoms with Crippen molar-refractivity contribution in [3.8, 4) is 0 Å². The van der Waals surface area contributed by atoms with Crippen LogP contribution in [0.5, 0.6) is 0 Å². The van der Waals surface area contributed by atoms with Gasteiger partial charge in [-0.15, -0.1) is 0 Å². The molecule has 30 heteroatoms. The highest BCUT2D eigenvalue weighted by Crippen LogP contribution is 2.13. The number of nitrogens with two attached hydrogens (primary N) is 5. The Bertz CT molecular complexity index is 1970. The Morgan fingerprint density at radius 1 is 0.472 bits per heavy atom. The lowest BCUT2D eigenvalue weighted by Gasteiger charge is -2.30. The first-order valence-corrected chi connectivity index (χ1v) is 23.0. The number of carboxylic acids is 2. The van der Waals surface area contributed by atoms with Gasteiger partial charge in [-0.25, -0.2) is 9.59 Å². The van der Waals surface area contributed by atoms with Gasteiger partial charge in [-0.1, -0.05) is 34.1 Å². The Morgan fingerprint density at radius 2 is 0.861 bits per heavy atom. The molecule has 9 atom stereocenters. The van der Waals surface area contributed by atoms with Gasteiger partial charge in [0.25, 0.3) is 0 Å². The van der Waals surface area contributed by atoms with Gasteiger partial charge in [0.15, 0.2) is 0 Å². The van der Waals surface area contributed by atoms with Crippen molar-refractivity contribution in [3.05, 3.63) is 0 Å². The molecule has 0 aromatic heterocycles. The summed E-state index contributed by atoms with van der Waals surface area (Å²) in [6, 6.07) is -14.2. The second kappa shape index (κ2) is 33.0. The molecule has 0 saturated carbocycles. The van der Waals surface area contributed by atoms with Crippen LogP contribution in [0.15, 0.2) is 0 Å². The number of carboxylic acid groups (broad SMARTS) is 2. The van der Waals surface area contributed by atoms with Crippen molar-refractivity contribution in [3.63, 3.8) is 0 Å². The molecule has 0 aliphatic carbocycles. The number of nitrogens with one attached hydrogen (secondary N) is 9. The number of hydrogen-bond donors (Lipinski definition) is 16. The lowest BCUT2D eigenvalue weighted by molar-refractivity contribution is -0.144. The maximum Gasteiger partial charge on any atom is 0.326 e. The first-order valence-electron chi connectivity index (χ1n) is 23.0. The smallest absolute Gasteiger partial charge is 0.326 e. The van der Waals surface area contributed by atoms with Crippen molar-refractivity contribution < 1.29 is 77.3 Å². The summed E-state index contributed by atoms with van der Waals surface area (Å²) in [5, 5.41) is 39.9. The molecule has 72 heavy (non-hydrogen) atoms. The normalized spacial score (nSPS) is 14.6. The summed E-state index contributed by atoms with van der Waals surface area (Å²) in [7, 11) is 0. The minimum atomic E-state index is -1.93. The Hall–Kier alpha value is -7.66. The average molecular weight is 1030 g/mol. The van der Waals surface area contributed by atoms with E-state index in [-0.39, 0.29) is 51.1 Å². The minimum Gasteiger partial charge on any atom is -0.481 e. The van der Waals surface area contributed by atoms with E-state index in [0.29, 0.717) is 12.8 Å². The fraction of sp³-hybridized carbons (Fsp3) is 0.667. The van der Waals surface area contributed by atoms with Crippen molar-refractivity contribution in [2.24, 2.45) is 40.5 Å². The quantitative estimate of drug-likeness (QED) is 0.0260. The predicted molar refractivity (Wildman–Crippen MR) is 251 cm³/mol. The highest BCUT2D eigenvalue weighted by molar-refractivity contribution is 6.00. The third-order valence-electron chi connectivity index (χ3n) is 10.5. The minimum absolute atomic E-state index is 0.0210. The van der Waals surface area contributed by atoms with E-state index in [4.69, 9.17) is 28.7 Å². The number of amides is 13. The zero-order chi connectivity index (χ0) is 55.4. The molecule has 0 aromatic rings. The lowest BCUT2D eigenvalue weighted by atomic mass is 9.96. The molecule has 0 rings (SSSR count). The molecule has 0 bridgehead atoms. The fourth-order valence-corrected chi connectivity index (χ4v) is 6.68. The molecule has 30 nitrogen and oxygen atoms in total.